The molecule has 2 fully saturated rings. The molecule has 3 aliphatic heterocycles. The maximum absolute atomic E-state index is 13.2. The van der Waals surface area contributed by atoms with Crippen LogP contribution in [0.5, 0.6) is 11.5 Å². The first-order valence-electron chi connectivity index (χ1n) is 18.4. The van der Waals surface area contributed by atoms with Crippen LogP contribution in [0.25, 0.3) is 11.1 Å². The SMILES string of the molecule is CC/C(=C(\c1ccc(O)cc1)c1ccc(OCCN2CCC(CNc3ccc4c(c3)C(=O)N(C3CCC(=O)NC3=O)C4=O)CC2)cc1)c1ccccc1. The lowest BCUT2D eigenvalue weighted by molar-refractivity contribution is -0.136. The minimum atomic E-state index is -0.972. The second kappa shape index (κ2) is 15.9. The van der Waals surface area contributed by atoms with Crippen molar-refractivity contribution in [3.8, 4) is 11.5 Å². The van der Waals surface area contributed by atoms with Crippen molar-refractivity contribution < 1.29 is 29.0 Å². The normalized spacial score (nSPS) is 18.4. The van der Waals surface area contributed by atoms with Crippen LogP contribution in [0.3, 0.4) is 0 Å². The van der Waals surface area contributed by atoms with Crippen LogP contribution in [0.1, 0.15) is 76.4 Å². The van der Waals surface area contributed by atoms with E-state index >= 15 is 0 Å². The molecule has 0 saturated carbocycles. The summed E-state index contributed by atoms with van der Waals surface area (Å²) in [4.78, 5) is 53.5. The number of carbonyl (C=O) groups is 4. The standard InChI is InChI=1S/C43H44N4O6/c1-2-35(29-6-4-3-5-7-29)40(30-8-13-33(48)14-9-30)31-10-15-34(16-11-31)53-25-24-46-22-20-28(21-23-46)27-44-32-12-17-36-37(26-32)43(52)47(42(36)51)38-18-19-39(49)45-41(38)50/h3-17,26,28,38,44,48H,2,18-25,27H2,1H3,(H,45,49,50)/b40-35-. The second-order valence-electron chi connectivity index (χ2n) is 13.9. The van der Waals surface area contributed by atoms with E-state index in [4.69, 9.17) is 4.74 Å². The van der Waals surface area contributed by atoms with Gasteiger partial charge in [-0.3, -0.25) is 34.3 Å². The van der Waals surface area contributed by atoms with E-state index in [2.05, 4.69) is 58.9 Å². The van der Waals surface area contributed by atoms with Crippen LogP contribution >= 0.6 is 0 Å². The molecule has 0 spiro atoms. The first-order chi connectivity index (χ1) is 25.8. The fourth-order valence-corrected chi connectivity index (χ4v) is 7.58. The van der Waals surface area contributed by atoms with E-state index in [0.717, 1.165) is 78.5 Å². The number of imide groups is 2. The lowest BCUT2D eigenvalue weighted by atomic mass is 9.88. The number of nitrogens with zero attached hydrogens (tertiary/aromatic N) is 2. The van der Waals surface area contributed by atoms with Crippen molar-refractivity contribution in [3.05, 3.63) is 125 Å². The van der Waals surface area contributed by atoms with E-state index in [-0.39, 0.29) is 29.7 Å². The molecule has 3 heterocycles. The number of piperidine rings is 2. The van der Waals surface area contributed by atoms with Gasteiger partial charge in [0.05, 0.1) is 11.1 Å². The molecule has 1 unspecified atom stereocenters. The Morgan fingerprint density at radius 1 is 0.811 bits per heavy atom. The quantitative estimate of drug-likeness (QED) is 0.114. The summed E-state index contributed by atoms with van der Waals surface area (Å²) in [5, 5.41) is 15.6. The van der Waals surface area contributed by atoms with Gasteiger partial charge in [0.25, 0.3) is 11.8 Å². The first-order valence-corrected chi connectivity index (χ1v) is 18.4. The number of benzene rings is 4. The van der Waals surface area contributed by atoms with Crippen LogP contribution in [0.4, 0.5) is 5.69 Å². The molecule has 2 saturated heterocycles. The molecular weight excluding hydrogens is 668 g/mol. The number of phenolic OH excluding ortho intramolecular Hbond substituents is 1. The summed E-state index contributed by atoms with van der Waals surface area (Å²) in [5.74, 6) is -0.475. The van der Waals surface area contributed by atoms with E-state index in [0.29, 0.717) is 12.5 Å². The van der Waals surface area contributed by atoms with Gasteiger partial charge in [-0.15, -0.1) is 0 Å². The predicted octanol–water partition coefficient (Wildman–Crippen LogP) is 6.37. The number of ether oxygens (including phenoxy) is 1. The molecule has 4 aromatic carbocycles. The predicted molar refractivity (Wildman–Crippen MR) is 203 cm³/mol. The molecular formula is C43H44N4O6. The average molecular weight is 713 g/mol. The summed E-state index contributed by atoms with van der Waals surface area (Å²) in [5.41, 5.74) is 7.01. The number of hydrogen-bond acceptors (Lipinski definition) is 8. The number of allylic oxidation sites excluding steroid dienone is 1. The van der Waals surface area contributed by atoms with E-state index in [1.165, 1.54) is 11.1 Å². The van der Waals surface area contributed by atoms with Gasteiger partial charge in [0.1, 0.15) is 24.1 Å². The van der Waals surface area contributed by atoms with Crippen LogP contribution in [0, 0.1) is 5.92 Å². The molecule has 10 nitrogen and oxygen atoms in total. The number of carbonyl (C=O) groups excluding carboxylic acids is 4. The summed E-state index contributed by atoms with van der Waals surface area (Å²) < 4.78 is 6.18. The smallest absolute Gasteiger partial charge is 0.262 e. The summed E-state index contributed by atoms with van der Waals surface area (Å²) in [6, 6.07) is 30.2. The van der Waals surface area contributed by atoms with Gasteiger partial charge in [-0.05, 0) is 115 Å². The van der Waals surface area contributed by atoms with Gasteiger partial charge in [0.15, 0.2) is 0 Å². The summed E-state index contributed by atoms with van der Waals surface area (Å²) in [6.45, 7) is 6.27. The fraction of sp³-hybridized carbons (Fsp3) is 0.302. The van der Waals surface area contributed by atoms with Gasteiger partial charge in [0, 0.05) is 25.2 Å². The van der Waals surface area contributed by atoms with Gasteiger partial charge in [-0.2, -0.15) is 0 Å². The molecule has 1 atom stereocenters. The third-order valence-electron chi connectivity index (χ3n) is 10.5. The number of phenols is 1. The highest BCUT2D eigenvalue weighted by molar-refractivity contribution is 6.23. The molecule has 0 bridgehead atoms. The van der Waals surface area contributed by atoms with Gasteiger partial charge < -0.3 is 15.2 Å². The topological polar surface area (TPSA) is 128 Å². The zero-order chi connectivity index (χ0) is 36.9. The van der Waals surface area contributed by atoms with Crippen molar-refractivity contribution in [1.29, 1.82) is 0 Å². The van der Waals surface area contributed by atoms with E-state index < -0.39 is 29.7 Å². The molecule has 3 aliphatic rings. The molecule has 4 amide bonds. The number of rotatable bonds is 12. The highest BCUT2D eigenvalue weighted by Gasteiger charge is 2.44. The van der Waals surface area contributed by atoms with Gasteiger partial charge >= 0.3 is 0 Å². The Kier molecular flexibility index (Phi) is 10.7. The highest BCUT2D eigenvalue weighted by Crippen LogP contribution is 2.36. The molecule has 3 N–H and O–H groups in total. The van der Waals surface area contributed by atoms with Crippen LogP contribution in [0.15, 0.2) is 97.1 Å². The van der Waals surface area contributed by atoms with Crippen LogP contribution in [-0.4, -0.2) is 77.4 Å². The Balaban J connectivity index is 0.893. The largest absolute Gasteiger partial charge is 0.508 e. The molecule has 53 heavy (non-hydrogen) atoms. The van der Waals surface area contributed by atoms with Crippen molar-refractivity contribution in [2.24, 2.45) is 5.92 Å². The van der Waals surface area contributed by atoms with E-state index in [1.807, 2.05) is 30.3 Å². The van der Waals surface area contributed by atoms with Gasteiger partial charge in [-0.25, -0.2) is 0 Å². The minimum absolute atomic E-state index is 0.0918. The molecule has 272 valence electrons. The maximum Gasteiger partial charge on any atom is 0.262 e. The molecule has 0 radical (unpaired) electrons. The molecule has 10 heteroatoms. The van der Waals surface area contributed by atoms with Crippen molar-refractivity contribution in [2.45, 2.75) is 45.1 Å². The van der Waals surface area contributed by atoms with Gasteiger partial charge in [0.2, 0.25) is 11.8 Å². The van der Waals surface area contributed by atoms with Crippen LogP contribution in [-0.2, 0) is 9.59 Å². The van der Waals surface area contributed by atoms with Crippen molar-refractivity contribution in [3.63, 3.8) is 0 Å². The molecule has 0 aromatic heterocycles. The highest BCUT2D eigenvalue weighted by atomic mass is 16.5. The third kappa shape index (κ3) is 7.88. The Morgan fingerprint density at radius 2 is 1.49 bits per heavy atom. The molecule has 7 rings (SSSR count). The van der Waals surface area contributed by atoms with Crippen LogP contribution < -0.4 is 15.4 Å². The first kappa shape index (κ1) is 35.7. The summed E-state index contributed by atoms with van der Waals surface area (Å²) in [6.07, 6.45) is 3.14. The zero-order valence-electron chi connectivity index (χ0n) is 29.8. The summed E-state index contributed by atoms with van der Waals surface area (Å²) in [7, 11) is 0. The van der Waals surface area contributed by atoms with Crippen molar-refractivity contribution in [1.82, 2.24) is 15.1 Å². The number of fused-ring (bicyclic) bond motifs is 1. The number of aromatic hydroxyl groups is 1. The average Bonchev–Trinajstić information content (AvgIpc) is 3.42. The van der Waals surface area contributed by atoms with E-state index in [9.17, 15) is 24.3 Å². The van der Waals surface area contributed by atoms with Crippen molar-refractivity contribution >= 4 is 40.5 Å². The monoisotopic (exact) mass is 712 g/mol. The third-order valence-corrected chi connectivity index (χ3v) is 10.5. The van der Waals surface area contributed by atoms with Gasteiger partial charge in [-0.1, -0.05) is 61.5 Å². The lowest BCUT2D eigenvalue weighted by Crippen LogP contribution is -2.54. The number of hydrogen-bond donors (Lipinski definition) is 3. The number of amides is 4. The maximum atomic E-state index is 13.2. The zero-order valence-corrected chi connectivity index (χ0v) is 29.8. The van der Waals surface area contributed by atoms with Crippen molar-refractivity contribution in [2.75, 3.05) is 38.1 Å². The Labute approximate surface area is 309 Å². The number of anilines is 1. The number of likely N-dealkylation sites (tertiary alicyclic amines) is 1. The second-order valence-corrected chi connectivity index (χ2v) is 13.9. The molecule has 0 aliphatic carbocycles. The number of nitrogens with one attached hydrogen (secondary N) is 2. The Bertz CT molecular complexity index is 2020. The Morgan fingerprint density at radius 3 is 2.17 bits per heavy atom. The van der Waals surface area contributed by atoms with E-state index in [1.54, 1.807) is 30.3 Å². The molecule has 4 aromatic rings. The van der Waals surface area contributed by atoms with Crippen LogP contribution in [0.2, 0.25) is 0 Å². The fourth-order valence-electron chi connectivity index (χ4n) is 7.58. The Hall–Kier alpha value is -5.74. The minimum Gasteiger partial charge on any atom is -0.508 e. The summed E-state index contributed by atoms with van der Waals surface area (Å²) >= 11 is 0. The lowest BCUT2D eigenvalue weighted by Gasteiger charge is -2.32.